The van der Waals surface area contributed by atoms with Crippen LogP contribution < -0.4 is 5.32 Å². The van der Waals surface area contributed by atoms with Crippen molar-refractivity contribution >= 4 is 0 Å². The van der Waals surface area contributed by atoms with Crippen molar-refractivity contribution in [3.63, 3.8) is 0 Å². The van der Waals surface area contributed by atoms with Gasteiger partial charge in [-0.05, 0) is 18.2 Å². The molecule has 0 amide bonds. The molecule has 0 aliphatic carbocycles. The second kappa shape index (κ2) is 4.58. The van der Waals surface area contributed by atoms with Gasteiger partial charge in [0.15, 0.2) is 5.76 Å². The summed E-state index contributed by atoms with van der Waals surface area (Å²) in [6.45, 7) is 1.82. The molecule has 2 N–H and O–H groups in total. The second-order valence-electron chi connectivity index (χ2n) is 3.14. The van der Waals surface area contributed by atoms with Crippen LogP contribution in [-0.4, -0.2) is 4.98 Å². The normalized spacial score (nSPS) is 10.3. The number of aromatic nitrogens is 1. The number of pyridine rings is 1. The summed E-state index contributed by atoms with van der Waals surface area (Å²) in [6.07, 6.45) is 5.38. The lowest BCUT2D eigenvalue weighted by Gasteiger charge is -1.98. The fourth-order valence-corrected chi connectivity index (χ4v) is 1.33. The highest BCUT2D eigenvalue weighted by Gasteiger charge is 1.98. The number of hydrogen-bond acceptors (Lipinski definition) is 2. The van der Waals surface area contributed by atoms with Crippen molar-refractivity contribution in [3.05, 3.63) is 54.2 Å². The Morgan fingerprint density at radius 1 is 1.21 bits per heavy atom. The SMILES string of the molecule is c1cncc(C[NH2+]Cc2ccco2)c1. The standard InChI is InChI=1S/C11H12N2O/c1-3-10(7-12-5-1)8-13-9-11-4-2-6-14-11/h1-7,13H,8-9H2/p+1. The molecule has 0 bridgehead atoms. The van der Waals surface area contributed by atoms with Crippen molar-refractivity contribution in [2.45, 2.75) is 13.1 Å². The maximum absolute atomic E-state index is 5.22. The van der Waals surface area contributed by atoms with E-state index >= 15 is 0 Å². The third kappa shape index (κ3) is 2.44. The van der Waals surface area contributed by atoms with Crippen LogP contribution >= 0.6 is 0 Å². The molecular weight excluding hydrogens is 176 g/mol. The molecule has 0 aromatic carbocycles. The largest absolute Gasteiger partial charge is 0.463 e. The lowest BCUT2D eigenvalue weighted by Crippen LogP contribution is -2.80. The Bertz CT molecular complexity index is 356. The van der Waals surface area contributed by atoms with E-state index in [2.05, 4.69) is 16.4 Å². The lowest BCUT2D eigenvalue weighted by atomic mass is 10.3. The molecule has 2 rings (SSSR count). The van der Waals surface area contributed by atoms with E-state index in [1.54, 1.807) is 12.5 Å². The molecule has 2 heterocycles. The van der Waals surface area contributed by atoms with Gasteiger partial charge in [-0.2, -0.15) is 0 Å². The monoisotopic (exact) mass is 189 g/mol. The van der Waals surface area contributed by atoms with E-state index in [4.69, 9.17) is 4.42 Å². The topological polar surface area (TPSA) is 42.6 Å². The minimum absolute atomic E-state index is 0.877. The van der Waals surface area contributed by atoms with Gasteiger partial charge in [0.2, 0.25) is 0 Å². The summed E-state index contributed by atoms with van der Waals surface area (Å²) < 4.78 is 5.22. The summed E-state index contributed by atoms with van der Waals surface area (Å²) in [6, 6.07) is 7.93. The number of rotatable bonds is 4. The molecule has 72 valence electrons. The van der Waals surface area contributed by atoms with Gasteiger partial charge >= 0.3 is 0 Å². The molecular formula is C11H13N2O+. The first-order chi connectivity index (χ1) is 6.95. The van der Waals surface area contributed by atoms with Gasteiger partial charge in [-0.15, -0.1) is 0 Å². The summed E-state index contributed by atoms with van der Waals surface area (Å²) in [4.78, 5) is 4.06. The number of quaternary nitrogens is 1. The molecule has 0 saturated carbocycles. The summed E-state index contributed by atoms with van der Waals surface area (Å²) >= 11 is 0. The van der Waals surface area contributed by atoms with E-state index in [1.807, 2.05) is 24.4 Å². The van der Waals surface area contributed by atoms with Crippen LogP contribution in [0.1, 0.15) is 11.3 Å². The van der Waals surface area contributed by atoms with Crippen LogP contribution in [0, 0.1) is 0 Å². The van der Waals surface area contributed by atoms with Crippen LogP contribution in [0.3, 0.4) is 0 Å². The van der Waals surface area contributed by atoms with Crippen molar-refractivity contribution in [1.29, 1.82) is 0 Å². The Morgan fingerprint density at radius 3 is 2.93 bits per heavy atom. The number of nitrogens with two attached hydrogens (primary N) is 1. The van der Waals surface area contributed by atoms with Crippen LogP contribution in [0.2, 0.25) is 0 Å². The first kappa shape index (κ1) is 8.97. The maximum Gasteiger partial charge on any atom is 0.157 e. The summed E-state index contributed by atoms with van der Waals surface area (Å²) in [5, 5.41) is 2.19. The second-order valence-corrected chi connectivity index (χ2v) is 3.14. The molecule has 0 aliphatic rings. The van der Waals surface area contributed by atoms with Crippen molar-refractivity contribution in [2.24, 2.45) is 0 Å². The molecule has 3 nitrogen and oxygen atoms in total. The average molecular weight is 189 g/mol. The molecule has 0 fully saturated rings. The fourth-order valence-electron chi connectivity index (χ4n) is 1.33. The predicted molar refractivity (Wildman–Crippen MR) is 52.3 cm³/mol. The first-order valence-corrected chi connectivity index (χ1v) is 4.68. The zero-order valence-corrected chi connectivity index (χ0v) is 7.89. The van der Waals surface area contributed by atoms with Gasteiger partial charge in [0.25, 0.3) is 0 Å². The van der Waals surface area contributed by atoms with Gasteiger partial charge in [0, 0.05) is 18.0 Å². The quantitative estimate of drug-likeness (QED) is 0.777. The molecule has 0 aliphatic heterocycles. The van der Waals surface area contributed by atoms with E-state index in [9.17, 15) is 0 Å². The summed E-state index contributed by atoms with van der Waals surface area (Å²) in [7, 11) is 0. The van der Waals surface area contributed by atoms with Crippen molar-refractivity contribution in [3.8, 4) is 0 Å². The highest BCUT2D eigenvalue weighted by Crippen LogP contribution is 1.96. The van der Waals surface area contributed by atoms with Gasteiger partial charge in [0.05, 0.1) is 6.26 Å². The summed E-state index contributed by atoms with van der Waals surface area (Å²) in [5.41, 5.74) is 1.24. The van der Waals surface area contributed by atoms with Gasteiger partial charge in [-0.3, -0.25) is 4.98 Å². The van der Waals surface area contributed by atoms with Crippen molar-refractivity contribution in [2.75, 3.05) is 0 Å². The van der Waals surface area contributed by atoms with Gasteiger partial charge < -0.3 is 9.73 Å². The van der Waals surface area contributed by atoms with E-state index in [0.717, 1.165) is 18.8 Å². The van der Waals surface area contributed by atoms with E-state index in [1.165, 1.54) is 5.56 Å². The van der Waals surface area contributed by atoms with E-state index in [-0.39, 0.29) is 0 Å². The third-order valence-corrected chi connectivity index (χ3v) is 2.03. The molecule has 0 spiro atoms. The third-order valence-electron chi connectivity index (χ3n) is 2.03. The van der Waals surface area contributed by atoms with Crippen LogP contribution in [0.5, 0.6) is 0 Å². The summed E-state index contributed by atoms with van der Waals surface area (Å²) in [5.74, 6) is 1.01. The zero-order valence-electron chi connectivity index (χ0n) is 7.89. The molecule has 0 radical (unpaired) electrons. The molecule has 14 heavy (non-hydrogen) atoms. The minimum Gasteiger partial charge on any atom is -0.463 e. The molecule has 0 unspecified atom stereocenters. The average Bonchev–Trinajstić information content (AvgIpc) is 2.72. The fraction of sp³-hybridized carbons (Fsp3) is 0.182. The Hall–Kier alpha value is -1.61. The lowest BCUT2D eigenvalue weighted by molar-refractivity contribution is -0.688. The van der Waals surface area contributed by atoms with E-state index < -0.39 is 0 Å². The highest BCUT2D eigenvalue weighted by molar-refractivity contribution is 5.06. The van der Waals surface area contributed by atoms with Crippen molar-refractivity contribution in [1.82, 2.24) is 4.98 Å². The van der Waals surface area contributed by atoms with Crippen LogP contribution in [0.15, 0.2) is 47.3 Å². The number of hydrogen-bond donors (Lipinski definition) is 1. The molecule has 3 heteroatoms. The van der Waals surface area contributed by atoms with Crippen LogP contribution in [0.25, 0.3) is 0 Å². The highest BCUT2D eigenvalue weighted by atomic mass is 16.3. The molecule has 0 saturated heterocycles. The van der Waals surface area contributed by atoms with Gasteiger partial charge in [-0.1, -0.05) is 6.07 Å². The van der Waals surface area contributed by atoms with Crippen LogP contribution in [0.4, 0.5) is 0 Å². The Morgan fingerprint density at radius 2 is 2.21 bits per heavy atom. The van der Waals surface area contributed by atoms with E-state index in [0.29, 0.717) is 0 Å². The minimum atomic E-state index is 0.877. The molecule has 0 atom stereocenters. The zero-order chi connectivity index (χ0) is 9.64. The van der Waals surface area contributed by atoms with Crippen LogP contribution in [-0.2, 0) is 13.1 Å². The number of furan rings is 1. The molecule has 2 aromatic heterocycles. The Kier molecular flexibility index (Phi) is 2.93. The Labute approximate surface area is 82.8 Å². The van der Waals surface area contributed by atoms with Crippen molar-refractivity contribution < 1.29 is 9.73 Å². The van der Waals surface area contributed by atoms with Gasteiger partial charge in [-0.25, -0.2) is 0 Å². The number of nitrogens with zero attached hydrogens (tertiary/aromatic N) is 1. The first-order valence-electron chi connectivity index (χ1n) is 4.68. The predicted octanol–water partition coefficient (Wildman–Crippen LogP) is 0.938. The van der Waals surface area contributed by atoms with Gasteiger partial charge in [0.1, 0.15) is 13.1 Å². The smallest absolute Gasteiger partial charge is 0.157 e. The maximum atomic E-state index is 5.22. The molecule has 2 aromatic rings. The Balaban J connectivity index is 1.79.